The Hall–Kier alpha value is -0.0900. The summed E-state index contributed by atoms with van der Waals surface area (Å²) < 4.78 is 0. The first-order valence-electron chi connectivity index (χ1n) is 29.4. The minimum atomic E-state index is 1.28. The SMILES string of the molecule is CCCCCCCCCCCCCCCCCCCCCCCCCCCC/C=C/[P]/C=C/CCCCCCCCCCCCCCCCCCCCCCCCCCCC. The van der Waals surface area contributed by atoms with Gasteiger partial charge in [0.15, 0.2) is 0 Å². The van der Waals surface area contributed by atoms with Gasteiger partial charge in [-0.15, -0.1) is 0 Å². The molecule has 0 aromatic carbocycles. The van der Waals surface area contributed by atoms with Crippen LogP contribution in [0.15, 0.2) is 23.8 Å². The highest BCUT2D eigenvalue weighted by Gasteiger charge is 1.99. The summed E-state index contributed by atoms with van der Waals surface area (Å²) in [6, 6.07) is 0. The molecule has 0 N–H and O–H groups in total. The van der Waals surface area contributed by atoms with E-state index >= 15 is 0 Å². The molecule has 0 rings (SSSR count). The van der Waals surface area contributed by atoms with Gasteiger partial charge in [0.25, 0.3) is 0 Å². The third-order valence-corrected chi connectivity index (χ3v) is 14.6. The van der Waals surface area contributed by atoms with Gasteiger partial charge in [0.2, 0.25) is 0 Å². The average molecular weight is 871 g/mol. The minimum absolute atomic E-state index is 1.28. The van der Waals surface area contributed by atoms with E-state index in [1.807, 2.05) is 0 Å². The average Bonchev–Trinajstić information content (AvgIpc) is 3.27. The van der Waals surface area contributed by atoms with Crippen LogP contribution in [0, 0.1) is 0 Å². The molecule has 0 aromatic heterocycles. The zero-order valence-electron chi connectivity index (χ0n) is 42.9. The van der Waals surface area contributed by atoms with Crippen LogP contribution in [0.3, 0.4) is 0 Å². The van der Waals surface area contributed by atoms with Gasteiger partial charge in [0, 0.05) is 0 Å². The molecule has 61 heavy (non-hydrogen) atoms. The van der Waals surface area contributed by atoms with E-state index in [1.54, 1.807) is 0 Å². The zero-order valence-corrected chi connectivity index (χ0v) is 43.8. The first-order valence-corrected chi connectivity index (χ1v) is 30.4. The van der Waals surface area contributed by atoms with E-state index in [2.05, 4.69) is 37.6 Å². The van der Waals surface area contributed by atoms with Crippen molar-refractivity contribution in [3.8, 4) is 0 Å². The molecule has 0 heterocycles. The lowest BCUT2D eigenvalue weighted by Crippen LogP contribution is -1.84. The van der Waals surface area contributed by atoms with E-state index in [9.17, 15) is 0 Å². The van der Waals surface area contributed by atoms with Crippen LogP contribution in [0.2, 0.25) is 0 Å². The Morgan fingerprint density at radius 3 is 0.459 bits per heavy atom. The van der Waals surface area contributed by atoms with Gasteiger partial charge in [-0.1, -0.05) is 359 Å². The van der Waals surface area contributed by atoms with Crippen LogP contribution in [-0.4, -0.2) is 0 Å². The molecule has 0 aliphatic rings. The molecule has 0 unspecified atom stereocenters. The van der Waals surface area contributed by atoms with Gasteiger partial charge in [-0.2, -0.15) is 0 Å². The Kier molecular flexibility index (Phi) is 59.8. The molecular weight excluding hydrogens is 752 g/mol. The smallest absolute Gasteiger partial charge is 0.0267 e. The maximum atomic E-state index is 2.42. The van der Waals surface area contributed by atoms with E-state index in [-0.39, 0.29) is 0 Å². The second kappa shape index (κ2) is 59.9. The third kappa shape index (κ3) is 59.9. The van der Waals surface area contributed by atoms with Crippen LogP contribution < -0.4 is 0 Å². The molecule has 1 heteroatoms. The second-order valence-electron chi connectivity index (χ2n) is 20.2. The number of hydrogen-bond acceptors (Lipinski definition) is 0. The van der Waals surface area contributed by atoms with Gasteiger partial charge in [0.05, 0.1) is 0 Å². The van der Waals surface area contributed by atoms with E-state index in [0.29, 0.717) is 0 Å². The normalized spacial score (nSPS) is 12.0. The number of hydrogen-bond donors (Lipinski definition) is 0. The van der Waals surface area contributed by atoms with Gasteiger partial charge < -0.3 is 0 Å². The first kappa shape index (κ1) is 60.9. The molecule has 0 saturated heterocycles. The number of allylic oxidation sites excluding steroid dienone is 2. The fourth-order valence-electron chi connectivity index (χ4n) is 9.48. The fourth-order valence-corrected chi connectivity index (χ4v) is 10.1. The van der Waals surface area contributed by atoms with Crippen LogP contribution in [-0.2, 0) is 0 Å². The molecule has 0 amide bonds. The van der Waals surface area contributed by atoms with Gasteiger partial charge in [0.1, 0.15) is 0 Å². The topological polar surface area (TPSA) is 0 Å². The molecule has 0 atom stereocenters. The summed E-state index contributed by atoms with van der Waals surface area (Å²) in [6.07, 6.45) is 83.9. The minimum Gasteiger partial charge on any atom is -0.0834 e. The highest BCUT2D eigenvalue weighted by molar-refractivity contribution is 7.45. The van der Waals surface area contributed by atoms with Gasteiger partial charge in [-0.3, -0.25) is 0 Å². The van der Waals surface area contributed by atoms with Crippen molar-refractivity contribution in [2.45, 2.75) is 361 Å². The summed E-state index contributed by atoms with van der Waals surface area (Å²) in [5.74, 6) is 4.75. The molecule has 0 saturated carbocycles. The maximum Gasteiger partial charge on any atom is -0.0267 e. The van der Waals surface area contributed by atoms with E-state index in [4.69, 9.17) is 0 Å². The second-order valence-corrected chi connectivity index (χ2v) is 21.1. The number of rotatable bonds is 56. The van der Waals surface area contributed by atoms with E-state index in [1.165, 1.54) is 355 Å². The predicted molar refractivity (Wildman–Crippen MR) is 286 cm³/mol. The van der Waals surface area contributed by atoms with Crippen molar-refractivity contribution in [1.29, 1.82) is 0 Å². The van der Waals surface area contributed by atoms with Gasteiger partial charge in [-0.25, -0.2) is 0 Å². The number of unbranched alkanes of at least 4 members (excludes halogenated alkanes) is 52. The molecule has 0 spiro atoms. The lowest BCUT2D eigenvalue weighted by Gasteiger charge is -2.04. The monoisotopic (exact) mass is 870 g/mol. The Balaban J connectivity index is 3.14. The van der Waals surface area contributed by atoms with E-state index < -0.39 is 0 Å². The standard InChI is InChI=1S/C60H118P/c1-3-5-7-9-11-13-15-17-19-21-23-25-27-29-31-33-35-37-39-41-43-45-47-49-51-53-55-57-59-61-60-58-56-54-52-50-48-46-44-42-40-38-36-34-32-30-28-26-24-22-20-18-16-14-12-10-8-6-4-2/h57-60H,3-56H2,1-2H3/b59-57+,60-58+. The molecule has 0 aromatic rings. The maximum absolute atomic E-state index is 2.42. The van der Waals surface area contributed by atoms with Crippen LogP contribution >= 0.6 is 8.58 Å². The lowest BCUT2D eigenvalue weighted by molar-refractivity contribution is 0.515. The lowest BCUT2D eigenvalue weighted by atomic mass is 10.0. The quantitative estimate of drug-likeness (QED) is 0.0422. The fraction of sp³-hybridized carbons (Fsp3) is 0.933. The summed E-state index contributed by atoms with van der Waals surface area (Å²) in [4.78, 5) is 0. The van der Waals surface area contributed by atoms with Crippen LogP contribution in [0.5, 0.6) is 0 Å². The molecule has 1 radical (unpaired) electrons. The molecule has 0 aliphatic heterocycles. The molecule has 0 nitrogen and oxygen atoms in total. The van der Waals surface area contributed by atoms with Crippen LogP contribution in [0.25, 0.3) is 0 Å². The third-order valence-electron chi connectivity index (χ3n) is 13.8. The van der Waals surface area contributed by atoms with Crippen molar-refractivity contribution in [2.75, 3.05) is 0 Å². The Labute approximate surface area is 391 Å². The first-order chi connectivity index (χ1) is 30.4. The van der Waals surface area contributed by atoms with Crippen molar-refractivity contribution in [2.24, 2.45) is 0 Å². The van der Waals surface area contributed by atoms with Gasteiger partial charge in [-0.05, 0) is 34.3 Å². The summed E-state index contributed by atoms with van der Waals surface area (Å²) in [7, 11) is 1.39. The zero-order chi connectivity index (χ0) is 43.7. The molecule has 0 aliphatic carbocycles. The molecular formula is C60H118P. The summed E-state index contributed by atoms with van der Waals surface area (Å²) in [5.41, 5.74) is 0. The Morgan fingerprint density at radius 2 is 0.311 bits per heavy atom. The van der Waals surface area contributed by atoms with Gasteiger partial charge >= 0.3 is 0 Å². The van der Waals surface area contributed by atoms with E-state index in [0.717, 1.165) is 0 Å². The molecule has 0 bridgehead atoms. The summed E-state index contributed by atoms with van der Waals surface area (Å²) in [5, 5.41) is 0. The summed E-state index contributed by atoms with van der Waals surface area (Å²) in [6.45, 7) is 4.62. The Morgan fingerprint density at radius 1 is 0.180 bits per heavy atom. The van der Waals surface area contributed by atoms with Crippen molar-refractivity contribution >= 4 is 8.58 Å². The van der Waals surface area contributed by atoms with Crippen molar-refractivity contribution in [3.05, 3.63) is 23.8 Å². The van der Waals surface area contributed by atoms with Crippen LogP contribution in [0.1, 0.15) is 361 Å². The van der Waals surface area contributed by atoms with Crippen LogP contribution in [0.4, 0.5) is 0 Å². The Bertz CT molecular complexity index is 718. The largest absolute Gasteiger partial charge is 0.0834 e. The van der Waals surface area contributed by atoms with Crippen molar-refractivity contribution in [1.82, 2.24) is 0 Å². The molecule has 0 fully saturated rings. The summed E-state index contributed by atoms with van der Waals surface area (Å²) >= 11 is 0. The highest BCUT2D eigenvalue weighted by Crippen LogP contribution is 2.20. The highest BCUT2D eigenvalue weighted by atomic mass is 31.1. The molecule has 363 valence electrons. The van der Waals surface area contributed by atoms with Crippen molar-refractivity contribution < 1.29 is 0 Å². The predicted octanol–water partition coefficient (Wildman–Crippen LogP) is 24.1. The van der Waals surface area contributed by atoms with Crippen molar-refractivity contribution in [3.63, 3.8) is 0 Å².